The number of H-pyrrole nitrogens is 1. The zero-order valence-electron chi connectivity index (χ0n) is 23.9. The van der Waals surface area contributed by atoms with Crippen molar-refractivity contribution in [1.82, 2.24) is 25.5 Å². The van der Waals surface area contributed by atoms with Crippen LogP contribution in [0, 0.1) is 0 Å². The number of halogens is 3. The summed E-state index contributed by atoms with van der Waals surface area (Å²) >= 11 is 6.12. The summed E-state index contributed by atoms with van der Waals surface area (Å²) in [6.07, 6.45) is 3.78. The van der Waals surface area contributed by atoms with Gasteiger partial charge in [0.2, 0.25) is 5.91 Å². The van der Waals surface area contributed by atoms with Crippen molar-refractivity contribution < 1.29 is 9.59 Å². The van der Waals surface area contributed by atoms with Crippen molar-refractivity contribution in [3.8, 4) is 11.1 Å². The van der Waals surface area contributed by atoms with E-state index >= 15 is 0 Å². The second-order valence-electron chi connectivity index (χ2n) is 10.4. The summed E-state index contributed by atoms with van der Waals surface area (Å²) < 4.78 is 0. The number of aromatic amines is 1. The number of carbonyl (C=O) groups is 2. The van der Waals surface area contributed by atoms with Gasteiger partial charge in [0.1, 0.15) is 5.65 Å². The molecule has 0 spiro atoms. The monoisotopic (exact) mass is 630 g/mol. The molecule has 1 atom stereocenters. The van der Waals surface area contributed by atoms with Gasteiger partial charge in [-0.3, -0.25) is 9.59 Å². The first-order chi connectivity index (χ1) is 19.4. The molecule has 0 bridgehead atoms. The van der Waals surface area contributed by atoms with Gasteiger partial charge in [0, 0.05) is 79.7 Å². The number of anilines is 1. The van der Waals surface area contributed by atoms with Crippen LogP contribution in [0.2, 0.25) is 5.02 Å². The third-order valence-corrected chi connectivity index (χ3v) is 7.70. The number of piperazine rings is 1. The Bertz CT molecular complexity index is 1480. The van der Waals surface area contributed by atoms with Crippen LogP contribution in [-0.2, 0) is 4.79 Å². The second-order valence-corrected chi connectivity index (χ2v) is 10.8. The van der Waals surface area contributed by atoms with E-state index in [0.717, 1.165) is 33.4 Å². The molecule has 2 aromatic heterocycles. The maximum Gasteiger partial charge on any atom is 0.251 e. The molecule has 0 radical (unpaired) electrons. The van der Waals surface area contributed by atoms with Crippen LogP contribution in [0.25, 0.3) is 22.2 Å². The SMILES string of the molecule is CNC(=O)c1ccc(-c2cnc3[nH]ccc3c2N2CCN(C(=O)C(CNC(C)C)c3ccc(Cl)cc3)CC2)cc1.Cl.Cl. The molecule has 1 aliphatic rings. The minimum Gasteiger partial charge on any atom is -0.367 e. The van der Waals surface area contributed by atoms with Crippen LogP contribution in [0.1, 0.15) is 35.7 Å². The fraction of sp³-hybridized carbons (Fsp3) is 0.323. The van der Waals surface area contributed by atoms with Gasteiger partial charge >= 0.3 is 0 Å². The molecule has 4 aromatic rings. The third-order valence-electron chi connectivity index (χ3n) is 7.45. The minimum absolute atomic E-state index is 0. The van der Waals surface area contributed by atoms with Crippen molar-refractivity contribution in [1.29, 1.82) is 0 Å². The Kier molecular flexibility index (Phi) is 11.7. The summed E-state index contributed by atoms with van der Waals surface area (Å²) in [5.41, 5.74) is 5.46. The lowest BCUT2D eigenvalue weighted by Gasteiger charge is -2.38. The smallest absolute Gasteiger partial charge is 0.251 e. The highest BCUT2D eigenvalue weighted by Crippen LogP contribution is 2.37. The minimum atomic E-state index is -0.280. The van der Waals surface area contributed by atoms with Gasteiger partial charge in [0.15, 0.2) is 0 Å². The molecule has 1 fully saturated rings. The molecule has 11 heteroatoms. The Labute approximate surface area is 264 Å². The van der Waals surface area contributed by atoms with E-state index in [4.69, 9.17) is 11.6 Å². The van der Waals surface area contributed by atoms with Crippen LogP contribution in [0.3, 0.4) is 0 Å². The summed E-state index contributed by atoms with van der Waals surface area (Å²) in [7, 11) is 1.63. The molecule has 0 aliphatic carbocycles. The van der Waals surface area contributed by atoms with E-state index in [0.29, 0.717) is 43.3 Å². The summed E-state index contributed by atoms with van der Waals surface area (Å²) in [6, 6.07) is 17.5. The Morgan fingerprint density at radius 3 is 2.26 bits per heavy atom. The van der Waals surface area contributed by atoms with Gasteiger partial charge in [-0.25, -0.2) is 4.98 Å². The van der Waals surface area contributed by atoms with Gasteiger partial charge in [-0.05, 0) is 41.5 Å². The Morgan fingerprint density at radius 2 is 1.64 bits per heavy atom. The molecule has 1 saturated heterocycles. The molecule has 1 aliphatic heterocycles. The molecule has 42 heavy (non-hydrogen) atoms. The molecule has 5 rings (SSSR count). The van der Waals surface area contributed by atoms with E-state index in [1.54, 1.807) is 7.05 Å². The molecule has 2 aromatic carbocycles. The van der Waals surface area contributed by atoms with Gasteiger partial charge in [-0.2, -0.15) is 0 Å². The van der Waals surface area contributed by atoms with Gasteiger partial charge in [0.05, 0.1) is 11.6 Å². The van der Waals surface area contributed by atoms with Crippen molar-refractivity contribution in [3.63, 3.8) is 0 Å². The van der Waals surface area contributed by atoms with E-state index in [-0.39, 0.29) is 48.6 Å². The normalized spacial score (nSPS) is 13.8. The standard InChI is InChI=1S/C31H35ClN6O2.2ClH/c1-20(2)35-19-27(22-8-10-24(32)11-9-22)31(40)38-16-14-37(15-17-38)28-25-12-13-34-29(25)36-18-26(28)21-4-6-23(7-5-21)30(39)33-3;;/h4-13,18,20,27,35H,14-17,19H2,1-3H3,(H,33,39)(H,34,36);2*1H. The van der Waals surface area contributed by atoms with E-state index < -0.39 is 0 Å². The first-order valence-corrected chi connectivity index (χ1v) is 14.0. The van der Waals surface area contributed by atoms with Crippen LogP contribution in [0.4, 0.5) is 5.69 Å². The van der Waals surface area contributed by atoms with Crippen molar-refractivity contribution in [2.45, 2.75) is 25.8 Å². The molecule has 8 nitrogen and oxygen atoms in total. The van der Waals surface area contributed by atoms with Crippen molar-refractivity contribution >= 4 is 65.0 Å². The van der Waals surface area contributed by atoms with Crippen LogP contribution in [0.5, 0.6) is 0 Å². The number of amides is 2. The molecule has 3 heterocycles. The lowest BCUT2D eigenvalue weighted by atomic mass is 9.96. The number of benzene rings is 2. The summed E-state index contributed by atoms with van der Waals surface area (Å²) in [5, 5.41) is 7.81. The number of rotatable bonds is 8. The topological polar surface area (TPSA) is 93.4 Å². The first-order valence-electron chi connectivity index (χ1n) is 13.7. The van der Waals surface area contributed by atoms with E-state index in [1.165, 1.54) is 0 Å². The Morgan fingerprint density at radius 1 is 0.976 bits per heavy atom. The first kappa shape index (κ1) is 33.2. The zero-order valence-corrected chi connectivity index (χ0v) is 26.3. The fourth-order valence-corrected chi connectivity index (χ4v) is 5.38. The van der Waals surface area contributed by atoms with Gasteiger partial charge in [-0.1, -0.05) is 49.7 Å². The maximum atomic E-state index is 13.8. The quantitative estimate of drug-likeness (QED) is 0.238. The zero-order chi connectivity index (χ0) is 28.2. The summed E-state index contributed by atoms with van der Waals surface area (Å²) in [6.45, 7) is 7.38. The van der Waals surface area contributed by atoms with Gasteiger partial charge in [-0.15, -0.1) is 24.8 Å². The largest absolute Gasteiger partial charge is 0.367 e. The highest BCUT2D eigenvalue weighted by atomic mass is 35.5. The van der Waals surface area contributed by atoms with Crippen molar-refractivity contribution in [2.75, 3.05) is 44.7 Å². The van der Waals surface area contributed by atoms with Crippen LogP contribution >= 0.6 is 36.4 Å². The number of nitrogens with one attached hydrogen (secondary N) is 3. The third kappa shape index (κ3) is 7.18. The molecule has 224 valence electrons. The average Bonchev–Trinajstić information content (AvgIpc) is 3.46. The van der Waals surface area contributed by atoms with E-state index in [9.17, 15) is 9.59 Å². The predicted octanol–water partition coefficient (Wildman–Crippen LogP) is 5.52. The molecule has 1 unspecified atom stereocenters. The molecule has 2 amide bonds. The lowest BCUT2D eigenvalue weighted by molar-refractivity contribution is -0.133. The maximum absolute atomic E-state index is 13.8. The number of pyridine rings is 1. The summed E-state index contributed by atoms with van der Waals surface area (Å²) in [5.74, 6) is -0.271. The predicted molar refractivity (Wildman–Crippen MR) is 176 cm³/mol. The van der Waals surface area contributed by atoms with E-state index in [1.807, 2.05) is 71.9 Å². The van der Waals surface area contributed by atoms with E-state index in [2.05, 4.69) is 39.3 Å². The lowest BCUT2D eigenvalue weighted by Crippen LogP contribution is -2.51. The van der Waals surface area contributed by atoms with Crippen LogP contribution in [-0.4, -0.2) is 72.5 Å². The number of carbonyl (C=O) groups excluding carboxylic acids is 2. The Balaban J connectivity index is 0.00000242. The molecular weight excluding hydrogens is 595 g/mol. The molecule has 3 N–H and O–H groups in total. The number of aromatic nitrogens is 2. The summed E-state index contributed by atoms with van der Waals surface area (Å²) in [4.78, 5) is 38.0. The second kappa shape index (κ2) is 14.7. The Hall–Kier alpha value is -3.30. The van der Waals surface area contributed by atoms with Crippen molar-refractivity contribution in [2.24, 2.45) is 0 Å². The number of nitrogens with zero attached hydrogens (tertiary/aromatic N) is 3. The average molecular weight is 632 g/mol. The van der Waals surface area contributed by atoms with Crippen molar-refractivity contribution in [3.05, 3.63) is 83.1 Å². The van der Waals surface area contributed by atoms with Gasteiger partial charge in [0.25, 0.3) is 5.91 Å². The van der Waals surface area contributed by atoms with Gasteiger partial charge < -0.3 is 25.4 Å². The highest BCUT2D eigenvalue weighted by molar-refractivity contribution is 6.30. The molecular formula is C31H37Cl3N6O2. The number of hydrogen-bond donors (Lipinski definition) is 3. The highest BCUT2D eigenvalue weighted by Gasteiger charge is 2.30. The molecule has 0 saturated carbocycles. The number of hydrogen-bond acceptors (Lipinski definition) is 5. The van der Waals surface area contributed by atoms with Crippen LogP contribution in [0.15, 0.2) is 67.0 Å². The van der Waals surface area contributed by atoms with Crippen LogP contribution < -0.4 is 15.5 Å². The number of fused-ring (bicyclic) bond motifs is 1. The fourth-order valence-electron chi connectivity index (χ4n) is 5.26.